The third kappa shape index (κ3) is 6.90. The number of hydrogen-bond acceptors (Lipinski definition) is 5. The van der Waals surface area contributed by atoms with Crippen LogP contribution in [-0.4, -0.2) is 59.5 Å². The van der Waals surface area contributed by atoms with Gasteiger partial charge in [0.05, 0.1) is 6.04 Å². The molecule has 0 radical (unpaired) electrons. The van der Waals surface area contributed by atoms with Gasteiger partial charge >= 0.3 is 0 Å². The summed E-state index contributed by atoms with van der Waals surface area (Å²) in [4.78, 5) is 63.9. The highest BCUT2D eigenvalue weighted by Gasteiger charge is 2.46. The first-order valence-electron chi connectivity index (χ1n) is 12.1. The standard InChI is InChI=1S/C25H40N4O5/c1-15(2)9-10-17-11-12-29(24(34)21(27-14-30)25(3,4)5)19(17)23(33)28-18(20(31)22(26)32)13-16-7-6-8-16/h9,14,16-19,21H,6-8,10-13H2,1-5H3,(H2,26,32)(H,27,30)(H,28,33)/t17-,18?,19-,21+/m0/s1. The molecule has 0 aromatic heterocycles. The molecule has 0 bridgehead atoms. The fourth-order valence-electron chi connectivity index (χ4n) is 4.74. The second kappa shape index (κ2) is 11.6. The Balaban J connectivity index is 2.32. The number of nitrogens with zero attached hydrogens (tertiary/aromatic N) is 1. The van der Waals surface area contributed by atoms with Gasteiger partial charge in [0.15, 0.2) is 0 Å². The van der Waals surface area contributed by atoms with E-state index >= 15 is 0 Å². The van der Waals surface area contributed by atoms with E-state index < -0.39 is 41.1 Å². The largest absolute Gasteiger partial charge is 0.363 e. The third-order valence-corrected chi connectivity index (χ3v) is 6.92. The predicted octanol–water partition coefficient (Wildman–Crippen LogP) is 1.45. The zero-order valence-electron chi connectivity index (χ0n) is 21.1. The van der Waals surface area contributed by atoms with Crippen molar-refractivity contribution in [2.75, 3.05) is 6.54 Å². The van der Waals surface area contributed by atoms with Crippen LogP contribution in [0.2, 0.25) is 0 Å². The Kier molecular flexibility index (Phi) is 9.41. The van der Waals surface area contributed by atoms with Crippen molar-refractivity contribution in [2.45, 2.75) is 91.3 Å². The minimum absolute atomic E-state index is 0.149. The second-order valence-electron chi connectivity index (χ2n) is 10.9. The third-order valence-electron chi connectivity index (χ3n) is 6.92. The number of rotatable bonds is 11. The molecular formula is C25H40N4O5. The number of primary amides is 1. The summed E-state index contributed by atoms with van der Waals surface area (Å²) in [6, 6.07) is -2.62. The van der Waals surface area contributed by atoms with Crippen molar-refractivity contribution in [1.29, 1.82) is 0 Å². The zero-order valence-corrected chi connectivity index (χ0v) is 21.1. The summed E-state index contributed by atoms with van der Waals surface area (Å²) in [5, 5.41) is 5.37. The summed E-state index contributed by atoms with van der Waals surface area (Å²) in [5.74, 6) is -2.57. The number of likely N-dealkylation sites (tertiary alicyclic amines) is 1. The van der Waals surface area contributed by atoms with Gasteiger partial charge in [-0.05, 0) is 50.4 Å². The molecule has 1 aliphatic heterocycles. The number of ketones is 1. The first-order chi connectivity index (χ1) is 15.9. The van der Waals surface area contributed by atoms with Crippen LogP contribution in [0.15, 0.2) is 11.6 Å². The molecule has 2 fully saturated rings. The lowest BCUT2D eigenvalue weighted by molar-refractivity contribution is -0.145. The Morgan fingerprint density at radius 3 is 2.24 bits per heavy atom. The van der Waals surface area contributed by atoms with E-state index in [4.69, 9.17) is 5.73 Å². The van der Waals surface area contributed by atoms with E-state index in [-0.39, 0.29) is 17.7 Å². The van der Waals surface area contributed by atoms with Gasteiger partial charge in [-0.1, -0.05) is 51.7 Å². The molecule has 4 amide bonds. The molecule has 1 unspecified atom stereocenters. The van der Waals surface area contributed by atoms with Gasteiger partial charge in [0.1, 0.15) is 12.1 Å². The van der Waals surface area contributed by atoms with E-state index in [1.54, 1.807) is 0 Å². The molecular weight excluding hydrogens is 436 g/mol. The van der Waals surface area contributed by atoms with Crippen LogP contribution in [-0.2, 0) is 24.0 Å². The molecule has 9 heteroatoms. The first-order valence-corrected chi connectivity index (χ1v) is 12.1. The van der Waals surface area contributed by atoms with Crippen molar-refractivity contribution in [1.82, 2.24) is 15.5 Å². The number of Topliss-reactive ketones (excluding diaryl/α,β-unsaturated/α-hetero) is 1. The van der Waals surface area contributed by atoms with Crippen molar-refractivity contribution in [3.63, 3.8) is 0 Å². The highest BCUT2D eigenvalue weighted by atomic mass is 16.2. The van der Waals surface area contributed by atoms with Crippen LogP contribution in [0.1, 0.15) is 73.1 Å². The topological polar surface area (TPSA) is 139 Å². The van der Waals surface area contributed by atoms with Crippen molar-refractivity contribution >= 4 is 29.9 Å². The number of nitrogens with two attached hydrogens (primary N) is 1. The van der Waals surface area contributed by atoms with E-state index in [9.17, 15) is 24.0 Å². The van der Waals surface area contributed by atoms with E-state index in [0.29, 0.717) is 32.2 Å². The molecule has 1 aliphatic carbocycles. The van der Waals surface area contributed by atoms with Crippen molar-refractivity contribution < 1.29 is 24.0 Å². The Morgan fingerprint density at radius 1 is 1.12 bits per heavy atom. The van der Waals surface area contributed by atoms with Crippen LogP contribution >= 0.6 is 0 Å². The maximum Gasteiger partial charge on any atom is 0.287 e. The molecule has 190 valence electrons. The van der Waals surface area contributed by atoms with Crippen LogP contribution in [0.4, 0.5) is 0 Å². The number of carbonyl (C=O) groups is 5. The number of hydrogen-bond donors (Lipinski definition) is 3. The summed E-state index contributed by atoms with van der Waals surface area (Å²) in [7, 11) is 0. The van der Waals surface area contributed by atoms with Gasteiger partial charge in [-0.3, -0.25) is 24.0 Å². The molecule has 34 heavy (non-hydrogen) atoms. The number of allylic oxidation sites excluding steroid dienone is 2. The van der Waals surface area contributed by atoms with Gasteiger partial charge in [0.25, 0.3) is 5.91 Å². The quantitative estimate of drug-likeness (QED) is 0.235. The average molecular weight is 477 g/mol. The number of amides is 4. The highest BCUT2D eigenvalue weighted by molar-refractivity contribution is 6.37. The normalized spacial score (nSPS) is 22.2. The molecule has 2 aliphatic rings. The lowest BCUT2D eigenvalue weighted by Crippen LogP contribution is -2.59. The minimum atomic E-state index is -1.08. The molecule has 1 saturated heterocycles. The lowest BCUT2D eigenvalue weighted by Gasteiger charge is -2.36. The maximum absolute atomic E-state index is 13.6. The fourth-order valence-corrected chi connectivity index (χ4v) is 4.74. The van der Waals surface area contributed by atoms with Gasteiger partial charge in [-0.15, -0.1) is 0 Å². The fraction of sp³-hybridized carbons (Fsp3) is 0.720. The van der Waals surface area contributed by atoms with Crippen LogP contribution in [0.5, 0.6) is 0 Å². The van der Waals surface area contributed by atoms with Crippen molar-refractivity contribution in [3.05, 3.63) is 11.6 Å². The van der Waals surface area contributed by atoms with Gasteiger partial charge < -0.3 is 21.3 Å². The number of carbonyl (C=O) groups excluding carboxylic acids is 5. The molecule has 0 spiro atoms. The maximum atomic E-state index is 13.6. The van der Waals surface area contributed by atoms with E-state index in [2.05, 4.69) is 10.6 Å². The van der Waals surface area contributed by atoms with Gasteiger partial charge in [0, 0.05) is 6.54 Å². The van der Waals surface area contributed by atoms with E-state index in [1.165, 1.54) is 4.90 Å². The summed E-state index contributed by atoms with van der Waals surface area (Å²) in [6.45, 7) is 9.84. The first kappa shape index (κ1) is 27.5. The average Bonchev–Trinajstić information content (AvgIpc) is 3.14. The Hall–Kier alpha value is -2.71. The molecule has 4 atom stereocenters. The molecule has 0 aromatic rings. The van der Waals surface area contributed by atoms with Crippen LogP contribution < -0.4 is 16.4 Å². The van der Waals surface area contributed by atoms with Gasteiger partial charge in [-0.2, -0.15) is 0 Å². The number of nitrogens with one attached hydrogen (secondary N) is 2. The highest BCUT2D eigenvalue weighted by Crippen LogP contribution is 2.33. The summed E-state index contributed by atoms with van der Waals surface area (Å²) in [6.07, 6.45) is 7.06. The molecule has 9 nitrogen and oxygen atoms in total. The summed E-state index contributed by atoms with van der Waals surface area (Å²) in [5.41, 5.74) is 5.79. The van der Waals surface area contributed by atoms with Crippen LogP contribution in [0.3, 0.4) is 0 Å². The molecule has 1 heterocycles. The van der Waals surface area contributed by atoms with Crippen LogP contribution in [0, 0.1) is 17.3 Å². The monoisotopic (exact) mass is 476 g/mol. The molecule has 1 saturated carbocycles. The second-order valence-corrected chi connectivity index (χ2v) is 10.9. The minimum Gasteiger partial charge on any atom is -0.363 e. The van der Waals surface area contributed by atoms with Crippen molar-refractivity contribution in [2.24, 2.45) is 23.0 Å². The molecule has 0 aromatic carbocycles. The molecule has 4 N–H and O–H groups in total. The lowest BCUT2D eigenvalue weighted by atomic mass is 9.80. The Labute approximate surface area is 202 Å². The summed E-state index contributed by atoms with van der Waals surface area (Å²) < 4.78 is 0. The SMILES string of the molecule is CC(C)=CC[C@H]1CCN(C(=O)[C@@H](NC=O)C(C)(C)C)[C@@H]1C(=O)NC(CC1CCC1)C(=O)C(N)=O. The van der Waals surface area contributed by atoms with Crippen LogP contribution in [0.25, 0.3) is 0 Å². The van der Waals surface area contributed by atoms with E-state index in [0.717, 1.165) is 24.8 Å². The van der Waals surface area contributed by atoms with Crippen molar-refractivity contribution in [3.8, 4) is 0 Å². The predicted molar refractivity (Wildman–Crippen MR) is 128 cm³/mol. The molecule has 2 rings (SSSR count). The Bertz CT molecular complexity index is 824. The Morgan fingerprint density at radius 2 is 1.76 bits per heavy atom. The summed E-state index contributed by atoms with van der Waals surface area (Å²) >= 11 is 0. The van der Waals surface area contributed by atoms with Gasteiger partial charge in [0.2, 0.25) is 24.0 Å². The van der Waals surface area contributed by atoms with Gasteiger partial charge in [-0.25, -0.2) is 0 Å². The smallest absolute Gasteiger partial charge is 0.287 e. The zero-order chi connectivity index (χ0) is 25.6. The van der Waals surface area contributed by atoms with E-state index in [1.807, 2.05) is 40.7 Å².